The molecule has 3 heterocycles. The van der Waals surface area contributed by atoms with Gasteiger partial charge in [0.1, 0.15) is 18.3 Å². The third-order valence-corrected chi connectivity index (χ3v) is 3.82. The number of rotatable bonds is 2. The predicted molar refractivity (Wildman–Crippen MR) is 67.5 cm³/mol. The van der Waals surface area contributed by atoms with Crippen LogP contribution in [0.2, 0.25) is 0 Å². The van der Waals surface area contributed by atoms with Crippen LogP contribution in [0.4, 0.5) is 8.78 Å². The van der Waals surface area contributed by atoms with Crippen LogP contribution in [0.3, 0.4) is 0 Å². The lowest BCUT2D eigenvalue weighted by atomic mass is 9.94. The van der Waals surface area contributed by atoms with Crippen molar-refractivity contribution in [2.75, 3.05) is 6.61 Å². The molecule has 3 fully saturated rings. The Kier molecular flexibility index (Phi) is 3.42. The van der Waals surface area contributed by atoms with E-state index in [0.717, 1.165) is 6.08 Å². The van der Waals surface area contributed by atoms with Crippen molar-refractivity contribution >= 4 is 0 Å². The van der Waals surface area contributed by atoms with E-state index in [9.17, 15) is 8.78 Å². The summed E-state index contributed by atoms with van der Waals surface area (Å²) in [6.07, 6.45) is -2.41. The molecule has 21 heavy (non-hydrogen) atoms. The van der Waals surface area contributed by atoms with Gasteiger partial charge < -0.3 is 23.7 Å². The minimum absolute atomic E-state index is 0.101. The monoisotopic (exact) mass is 306 g/mol. The van der Waals surface area contributed by atoms with Crippen LogP contribution in [0.5, 0.6) is 0 Å². The van der Waals surface area contributed by atoms with E-state index < -0.39 is 35.6 Å². The Morgan fingerprint density at radius 2 is 1.81 bits per heavy atom. The molecule has 3 rings (SSSR count). The van der Waals surface area contributed by atoms with Crippen LogP contribution in [0.15, 0.2) is 12.2 Å². The summed E-state index contributed by atoms with van der Waals surface area (Å²) in [7, 11) is 0. The maximum absolute atomic E-state index is 12.5. The van der Waals surface area contributed by atoms with E-state index >= 15 is 0 Å². The molecule has 0 amide bonds. The fourth-order valence-corrected chi connectivity index (χ4v) is 3.23. The van der Waals surface area contributed by atoms with Crippen molar-refractivity contribution in [2.24, 2.45) is 0 Å². The molecule has 3 saturated heterocycles. The highest BCUT2D eigenvalue weighted by molar-refractivity contribution is 5.06. The van der Waals surface area contributed by atoms with Crippen molar-refractivity contribution < 1.29 is 32.5 Å². The summed E-state index contributed by atoms with van der Waals surface area (Å²) in [6.45, 7) is 7.26. The number of halogens is 2. The van der Waals surface area contributed by atoms with E-state index in [2.05, 4.69) is 0 Å². The van der Waals surface area contributed by atoms with Crippen molar-refractivity contribution in [1.29, 1.82) is 0 Å². The Morgan fingerprint density at radius 1 is 1.10 bits per heavy atom. The molecular formula is C14H20F2O5. The van der Waals surface area contributed by atoms with Crippen molar-refractivity contribution in [3.05, 3.63) is 12.2 Å². The molecule has 3 aliphatic heterocycles. The van der Waals surface area contributed by atoms with E-state index in [0.29, 0.717) is 0 Å². The Bertz CT molecular complexity index is 460. The molecule has 5 nitrogen and oxygen atoms in total. The fourth-order valence-electron chi connectivity index (χ4n) is 3.23. The molecule has 0 aliphatic carbocycles. The van der Waals surface area contributed by atoms with Crippen LogP contribution >= 0.6 is 0 Å². The first-order valence-corrected chi connectivity index (χ1v) is 7.01. The van der Waals surface area contributed by atoms with Gasteiger partial charge in [0.15, 0.2) is 11.6 Å². The van der Waals surface area contributed by atoms with Crippen molar-refractivity contribution in [2.45, 2.75) is 69.8 Å². The van der Waals surface area contributed by atoms with Crippen LogP contribution in [-0.4, -0.2) is 42.3 Å². The summed E-state index contributed by atoms with van der Waals surface area (Å²) < 4.78 is 54.0. The number of hydrogen-bond acceptors (Lipinski definition) is 5. The molecular weight excluding hydrogens is 286 g/mol. The highest BCUT2D eigenvalue weighted by atomic mass is 19.3. The summed E-state index contributed by atoms with van der Waals surface area (Å²) >= 11 is 0. The molecule has 120 valence electrons. The van der Waals surface area contributed by atoms with Gasteiger partial charge in [0, 0.05) is 6.42 Å². The zero-order valence-electron chi connectivity index (χ0n) is 12.5. The third kappa shape index (κ3) is 2.73. The normalized spacial score (nSPS) is 43.2. The average Bonchev–Trinajstić information content (AvgIpc) is 2.78. The van der Waals surface area contributed by atoms with E-state index in [-0.39, 0.29) is 19.1 Å². The molecule has 3 aliphatic rings. The predicted octanol–water partition coefficient (Wildman–Crippen LogP) is 2.56. The molecule has 0 N–H and O–H groups in total. The van der Waals surface area contributed by atoms with Crippen LogP contribution < -0.4 is 0 Å². The molecule has 0 aromatic carbocycles. The van der Waals surface area contributed by atoms with E-state index in [1.165, 1.54) is 0 Å². The molecule has 0 aromatic heterocycles. The summed E-state index contributed by atoms with van der Waals surface area (Å²) in [5.41, 5.74) is 0. The fraction of sp³-hybridized carbons (Fsp3) is 0.857. The summed E-state index contributed by atoms with van der Waals surface area (Å²) in [6, 6.07) is 0. The lowest BCUT2D eigenvalue weighted by Gasteiger charge is -2.40. The van der Waals surface area contributed by atoms with Gasteiger partial charge in [0.2, 0.25) is 5.79 Å². The van der Waals surface area contributed by atoms with Gasteiger partial charge in [-0.05, 0) is 33.8 Å². The van der Waals surface area contributed by atoms with Gasteiger partial charge in [-0.2, -0.15) is 8.78 Å². The van der Waals surface area contributed by atoms with Gasteiger partial charge in [0.25, 0.3) is 6.08 Å². The first-order chi connectivity index (χ1) is 9.63. The van der Waals surface area contributed by atoms with Crippen LogP contribution in [-0.2, 0) is 23.7 Å². The molecule has 0 radical (unpaired) electrons. The van der Waals surface area contributed by atoms with Crippen LogP contribution in [0.25, 0.3) is 0 Å². The van der Waals surface area contributed by atoms with Gasteiger partial charge in [-0.3, -0.25) is 0 Å². The standard InChI is InChI=1S/C14H20F2O5/c1-12(2)18-8-7-17-14(6-5-9(15)16)11(10(8)19-12)20-13(3,4)21-14/h5,8,10-11H,6-7H2,1-4H3/t8-,10-,11+,14+/m1/s1. The minimum atomic E-state index is -1.77. The molecule has 0 aromatic rings. The van der Waals surface area contributed by atoms with E-state index in [1.807, 2.05) is 0 Å². The third-order valence-electron chi connectivity index (χ3n) is 3.82. The van der Waals surface area contributed by atoms with Gasteiger partial charge >= 0.3 is 0 Å². The molecule has 0 bridgehead atoms. The van der Waals surface area contributed by atoms with Crippen molar-refractivity contribution in [3.8, 4) is 0 Å². The van der Waals surface area contributed by atoms with Crippen LogP contribution in [0.1, 0.15) is 34.1 Å². The topological polar surface area (TPSA) is 46.2 Å². The summed E-state index contributed by atoms with van der Waals surface area (Å²) in [5.74, 6) is -2.96. The first kappa shape index (κ1) is 15.3. The lowest BCUT2D eigenvalue weighted by Crippen LogP contribution is -2.58. The highest BCUT2D eigenvalue weighted by Gasteiger charge is 2.64. The molecule has 4 atom stereocenters. The quantitative estimate of drug-likeness (QED) is 0.784. The maximum atomic E-state index is 12.5. The number of ether oxygens (including phenoxy) is 5. The Morgan fingerprint density at radius 3 is 2.48 bits per heavy atom. The number of fused-ring (bicyclic) bond motifs is 3. The van der Waals surface area contributed by atoms with Gasteiger partial charge in [0.05, 0.1) is 6.61 Å². The largest absolute Gasteiger partial charge is 0.344 e. The van der Waals surface area contributed by atoms with E-state index in [1.54, 1.807) is 27.7 Å². The zero-order chi connectivity index (χ0) is 15.5. The lowest BCUT2D eigenvalue weighted by molar-refractivity contribution is -0.279. The Hall–Kier alpha value is -0.600. The first-order valence-electron chi connectivity index (χ1n) is 7.01. The Balaban J connectivity index is 1.89. The van der Waals surface area contributed by atoms with Gasteiger partial charge in [-0.15, -0.1) is 0 Å². The van der Waals surface area contributed by atoms with Crippen molar-refractivity contribution in [3.63, 3.8) is 0 Å². The smallest absolute Gasteiger partial charge is 0.266 e. The second-order valence-electron chi connectivity index (χ2n) is 6.50. The zero-order valence-corrected chi connectivity index (χ0v) is 12.5. The molecule has 7 heteroatoms. The minimum Gasteiger partial charge on any atom is -0.344 e. The second-order valence-corrected chi connectivity index (χ2v) is 6.50. The van der Waals surface area contributed by atoms with Crippen molar-refractivity contribution in [1.82, 2.24) is 0 Å². The Labute approximate surface area is 122 Å². The molecule has 0 unspecified atom stereocenters. The number of hydrogen-bond donors (Lipinski definition) is 0. The second kappa shape index (κ2) is 4.70. The van der Waals surface area contributed by atoms with Gasteiger partial charge in [-0.1, -0.05) is 0 Å². The SMILES string of the molecule is CC1(C)O[C@@H]2[C@@H](CO[C@@]3(CC=C(F)F)OC(C)(C)O[C@@H]23)O1. The van der Waals surface area contributed by atoms with Gasteiger partial charge in [-0.25, -0.2) is 0 Å². The maximum Gasteiger partial charge on any atom is 0.266 e. The van der Waals surface area contributed by atoms with E-state index in [4.69, 9.17) is 23.7 Å². The average molecular weight is 306 g/mol. The molecule has 0 spiro atoms. The highest BCUT2D eigenvalue weighted by Crippen LogP contribution is 2.49. The summed E-state index contributed by atoms with van der Waals surface area (Å²) in [5, 5.41) is 0. The summed E-state index contributed by atoms with van der Waals surface area (Å²) in [4.78, 5) is 0. The molecule has 0 saturated carbocycles. The van der Waals surface area contributed by atoms with Crippen LogP contribution in [0, 0.1) is 0 Å².